The normalized spacial score (nSPS) is 24.3. The fraction of sp³-hybridized carbons (Fsp3) is 0.278. The Morgan fingerprint density at radius 2 is 2.00 bits per heavy atom. The summed E-state index contributed by atoms with van der Waals surface area (Å²) in [5, 5.41) is 6.01. The van der Waals surface area contributed by atoms with Crippen molar-refractivity contribution in [1.29, 1.82) is 0 Å². The lowest BCUT2D eigenvalue weighted by atomic mass is 9.89. The van der Waals surface area contributed by atoms with E-state index < -0.39 is 36.1 Å². The van der Waals surface area contributed by atoms with Gasteiger partial charge >= 0.3 is 12.2 Å². The van der Waals surface area contributed by atoms with E-state index in [0.29, 0.717) is 5.56 Å². The summed E-state index contributed by atoms with van der Waals surface area (Å²) >= 11 is 0. The molecule has 3 atom stereocenters. The molecule has 3 N–H and O–H groups in total. The minimum atomic E-state index is -4.62. The molecule has 0 radical (unpaired) electrons. The second kappa shape index (κ2) is 6.92. The average Bonchev–Trinajstić information content (AvgIpc) is 3.29. The number of alkyl halides is 3. The minimum Gasteiger partial charge on any atom is -0.432 e. The van der Waals surface area contributed by atoms with Gasteiger partial charge in [-0.25, -0.2) is 15.4 Å². The van der Waals surface area contributed by atoms with Crippen LogP contribution in [0.15, 0.2) is 58.5 Å². The van der Waals surface area contributed by atoms with Crippen LogP contribution >= 0.6 is 0 Å². The van der Waals surface area contributed by atoms with E-state index in [1.54, 1.807) is 30.3 Å². The van der Waals surface area contributed by atoms with Crippen molar-refractivity contribution in [2.24, 2.45) is 0 Å². The second-order valence-electron chi connectivity index (χ2n) is 6.64. The fourth-order valence-corrected chi connectivity index (χ4v) is 3.61. The second-order valence-corrected chi connectivity index (χ2v) is 6.64. The number of halogens is 3. The highest BCUT2D eigenvalue weighted by atomic mass is 19.4. The first-order valence-electron chi connectivity index (χ1n) is 8.67. The van der Waals surface area contributed by atoms with Crippen LogP contribution in [-0.4, -0.2) is 40.2 Å². The molecule has 1 aromatic heterocycles. The van der Waals surface area contributed by atoms with Gasteiger partial charge in [-0.2, -0.15) is 13.2 Å². The fourth-order valence-electron chi connectivity index (χ4n) is 3.61. The van der Waals surface area contributed by atoms with Crippen molar-refractivity contribution in [3.05, 3.63) is 59.6 Å². The van der Waals surface area contributed by atoms with Crippen molar-refractivity contribution in [3.8, 4) is 0 Å². The van der Waals surface area contributed by atoms with Gasteiger partial charge in [-0.3, -0.25) is 14.9 Å². The number of allylic oxidation sites excluding steroid dienone is 1. The van der Waals surface area contributed by atoms with Gasteiger partial charge in [0.05, 0.1) is 12.1 Å². The molecule has 0 spiro atoms. The molecule has 152 valence electrons. The van der Waals surface area contributed by atoms with Crippen molar-refractivity contribution in [2.75, 3.05) is 5.32 Å². The molecule has 2 aliphatic heterocycles. The van der Waals surface area contributed by atoms with E-state index in [2.05, 4.69) is 21.0 Å². The maximum Gasteiger partial charge on any atom is 0.406 e. The molecule has 0 bridgehead atoms. The molecular weight excluding hydrogens is 391 g/mol. The highest BCUT2D eigenvalue weighted by Gasteiger charge is 2.58. The monoisotopic (exact) mass is 407 g/mol. The molecule has 3 unspecified atom stereocenters. The molecule has 0 saturated carbocycles. The lowest BCUT2D eigenvalue weighted by molar-refractivity contribution is -0.161. The summed E-state index contributed by atoms with van der Waals surface area (Å²) in [6.45, 7) is 1.46. The Kier molecular flexibility index (Phi) is 4.53. The van der Waals surface area contributed by atoms with Crippen LogP contribution in [0.4, 0.5) is 19.2 Å². The minimum absolute atomic E-state index is 0.130. The summed E-state index contributed by atoms with van der Waals surface area (Å²) in [4.78, 5) is 29.2. The van der Waals surface area contributed by atoms with Crippen LogP contribution in [-0.2, 0) is 9.59 Å². The first kappa shape index (κ1) is 19.0. The zero-order valence-electron chi connectivity index (χ0n) is 15.0. The Bertz CT molecular complexity index is 959. The number of hydrogen-bond acceptors (Lipinski definition) is 6. The maximum absolute atomic E-state index is 13.7. The lowest BCUT2D eigenvalue weighted by Gasteiger charge is -2.34. The Labute approximate surface area is 162 Å². The zero-order chi connectivity index (χ0) is 20.8. The van der Waals surface area contributed by atoms with Crippen LogP contribution in [0, 0.1) is 0 Å². The smallest absolute Gasteiger partial charge is 0.406 e. The van der Waals surface area contributed by atoms with E-state index in [1.165, 1.54) is 19.4 Å². The number of nitrogens with one attached hydrogen (secondary N) is 3. The molecular formula is C18H16F3N5O3. The number of hydrogen-bond donors (Lipinski definition) is 3. The number of rotatable bonds is 3. The van der Waals surface area contributed by atoms with Gasteiger partial charge < -0.3 is 9.73 Å². The predicted octanol–water partition coefficient (Wildman–Crippen LogP) is 1.88. The number of oxazole rings is 1. The summed E-state index contributed by atoms with van der Waals surface area (Å²) in [5.74, 6) is -2.82. The Balaban J connectivity index is 1.68. The third-order valence-corrected chi connectivity index (χ3v) is 4.84. The van der Waals surface area contributed by atoms with Crippen LogP contribution in [0.5, 0.6) is 0 Å². The van der Waals surface area contributed by atoms with E-state index in [0.717, 1.165) is 5.01 Å². The van der Waals surface area contributed by atoms with E-state index >= 15 is 0 Å². The van der Waals surface area contributed by atoms with Crippen molar-refractivity contribution >= 4 is 17.8 Å². The Hall–Kier alpha value is -3.34. The molecule has 2 amide bonds. The van der Waals surface area contributed by atoms with Crippen LogP contribution < -0.4 is 16.1 Å². The predicted molar refractivity (Wildman–Crippen MR) is 93.8 cm³/mol. The van der Waals surface area contributed by atoms with Gasteiger partial charge in [-0.1, -0.05) is 30.3 Å². The number of carbonyl (C=O) groups is 2. The Morgan fingerprint density at radius 3 is 2.62 bits per heavy atom. The molecule has 1 fully saturated rings. The zero-order valence-corrected chi connectivity index (χ0v) is 15.0. The van der Waals surface area contributed by atoms with Gasteiger partial charge in [0.15, 0.2) is 0 Å². The van der Waals surface area contributed by atoms with Crippen molar-refractivity contribution in [2.45, 2.75) is 31.2 Å². The number of amides is 2. The highest BCUT2D eigenvalue weighted by molar-refractivity contribution is 6.23. The van der Waals surface area contributed by atoms with Crippen LogP contribution in [0.25, 0.3) is 0 Å². The van der Waals surface area contributed by atoms with Crippen LogP contribution in [0.2, 0.25) is 0 Å². The molecule has 0 aliphatic carbocycles. The quantitative estimate of drug-likeness (QED) is 0.672. The van der Waals surface area contributed by atoms with Crippen molar-refractivity contribution in [3.63, 3.8) is 0 Å². The maximum atomic E-state index is 13.7. The summed E-state index contributed by atoms with van der Waals surface area (Å²) in [7, 11) is 0. The summed E-state index contributed by atoms with van der Waals surface area (Å²) in [5.41, 5.74) is 2.48. The molecule has 3 heterocycles. The van der Waals surface area contributed by atoms with Crippen molar-refractivity contribution < 1.29 is 27.2 Å². The Morgan fingerprint density at radius 1 is 1.28 bits per heavy atom. The molecule has 1 aromatic carbocycles. The summed E-state index contributed by atoms with van der Waals surface area (Å²) in [6.07, 6.45) is -3.11. The number of benzene rings is 1. The molecule has 1 saturated heterocycles. The molecule has 11 heteroatoms. The van der Waals surface area contributed by atoms with Crippen LogP contribution in [0.3, 0.4) is 0 Å². The molecule has 8 nitrogen and oxygen atoms in total. The third-order valence-electron chi connectivity index (χ3n) is 4.84. The van der Waals surface area contributed by atoms with Gasteiger partial charge in [0, 0.05) is 5.70 Å². The topological polar surface area (TPSA) is 99.5 Å². The first-order chi connectivity index (χ1) is 13.8. The number of carbonyl (C=O) groups excluding carboxylic acids is 2. The first-order valence-corrected chi connectivity index (χ1v) is 8.67. The van der Waals surface area contributed by atoms with Gasteiger partial charge in [-0.05, 0) is 12.5 Å². The van der Waals surface area contributed by atoms with E-state index in [1.807, 2.05) is 0 Å². The number of fused-ring (bicyclic) bond motifs is 1. The number of aromatic nitrogens is 1. The SMILES string of the molecule is CC1=C(C(=O)Nc2ncco2)C(=O)N2NC(C(F)(F)F)C(c3ccccc3)C2N1. The molecule has 29 heavy (non-hydrogen) atoms. The number of nitrogens with zero attached hydrogens (tertiary/aromatic N) is 2. The average molecular weight is 407 g/mol. The highest BCUT2D eigenvalue weighted by Crippen LogP contribution is 2.41. The standard InChI is InChI=1S/C18H16F3N5O3/c1-9-11(15(27)24-17-22-7-8-29-17)16(28)26-14(23-9)12(10-5-3-2-4-6-10)13(25-26)18(19,20)21/h2-8,12-14,23,25H,1H3,(H,22,24,27). The summed E-state index contributed by atoms with van der Waals surface area (Å²) in [6, 6.07) is 5.97. The van der Waals surface area contributed by atoms with E-state index in [9.17, 15) is 22.8 Å². The van der Waals surface area contributed by atoms with Crippen LogP contribution in [0.1, 0.15) is 18.4 Å². The van der Waals surface area contributed by atoms with Gasteiger partial charge in [0.2, 0.25) is 0 Å². The van der Waals surface area contributed by atoms with E-state index in [4.69, 9.17) is 4.42 Å². The lowest BCUT2D eigenvalue weighted by Crippen LogP contribution is -2.56. The molecule has 2 aliphatic rings. The molecule has 2 aromatic rings. The number of anilines is 1. The largest absolute Gasteiger partial charge is 0.432 e. The van der Waals surface area contributed by atoms with Crippen molar-refractivity contribution in [1.82, 2.24) is 20.7 Å². The van der Waals surface area contributed by atoms with Gasteiger partial charge in [0.1, 0.15) is 24.0 Å². The van der Waals surface area contributed by atoms with Gasteiger partial charge in [-0.15, -0.1) is 0 Å². The summed E-state index contributed by atoms with van der Waals surface area (Å²) < 4.78 is 46.1. The number of hydrazine groups is 1. The molecule has 4 rings (SSSR count). The van der Waals surface area contributed by atoms with Gasteiger partial charge in [0.25, 0.3) is 11.8 Å². The third kappa shape index (κ3) is 3.33. The van der Waals surface area contributed by atoms with E-state index in [-0.39, 0.29) is 17.3 Å².